The molecule has 0 spiro atoms. The normalized spacial score (nSPS) is 32.5. The van der Waals surface area contributed by atoms with Gasteiger partial charge in [-0.05, 0) is 18.8 Å². The number of carbonyl (C=O) groups excluding carboxylic acids is 1. The van der Waals surface area contributed by atoms with Crippen LogP contribution in [0.1, 0.15) is 19.3 Å². The highest BCUT2D eigenvalue weighted by Gasteiger charge is 2.50. The summed E-state index contributed by atoms with van der Waals surface area (Å²) in [4.78, 5) is 10.8. The fraction of sp³-hybridized carbons (Fsp3) is 0.909. The lowest BCUT2D eigenvalue weighted by Crippen LogP contribution is -2.34. The van der Waals surface area contributed by atoms with Crippen molar-refractivity contribution >= 4 is 5.97 Å². The van der Waals surface area contributed by atoms with Crippen LogP contribution in [-0.2, 0) is 14.3 Å². The molecule has 1 N–H and O–H groups in total. The van der Waals surface area contributed by atoms with Crippen molar-refractivity contribution in [1.29, 1.82) is 0 Å². The van der Waals surface area contributed by atoms with Crippen LogP contribution in [0.2, 0.25) is 0 Å². The average Bonchev–Trinajstić information content (AvgIpc) is 2.54. The summed E-state index contributed by atoms with van der Waals surface area (Å²) in [6.45, 7) is 2.54. The fourth-order valence-corrected chi connectivity index (χ4v) is 2.18. The van der Waals surface area contributed by atoms with E-state index in [2.05, 4.69) is 10.1 Å². The summed E-state index contributed by atoms with van der Waals surface area (Å²) in [5, 5.41) is 3.06. The van der Waals surface area contributed by atoms with Crippen molar-refractivity contribution in [3.05, 3.63) is 0 Å². The van der Waals surface area contributed by atoms with Gasteiger partial charge in [0.25, 0.3) is 0 Å². The first-order valence-electron chi connectivity index (χ1n) is 5.95. The number of rotatable bonds is 4. The van der Waals surface area contributed by atoms with E-state index in [-0.39, 0.29) is 6.54 Å². The summed E-state index contributed by atoms with van der Waals surface area (Å²) in [5.74, 6) is -4.27. The predicted octanol–water partition coefficient (Wildman–Crippen LogP) is 0.953. The Balaban J connectivity index is 1.64. The van der Waals surface area contributed by atoms with Gasteiger partial charge in [0.2, 0.25) is 0 Å². The van der Waals surface area contributed by atoms with Crippen molar-refractivity contribution in [1.82, 2.24) is 5.32 Å². The van der Waals surface area contributed by atoms with Gasteiger partial charge in [-0.25, -0.2) is 4.79 Å². The van der Waals surface area contributed by atoms with E-state index in [1.54, 1.807) is 0 Å². The molecule has 0 radical (unpaired) electrons. The van der Waals surface area contributed by atoms with E-state index in [0.29, 0.717) is 12.5 Å². The molecule has 2 unspecified atom stereocenters. The Kier molecular flexibility index (Phi) is 3.93. The van der Waals surface area contributed by atoms with Crippen molar-refractivity contribution in [3.63, 3.8) is 0 Å². The number of alkyl halides is 2. The van der Waals surface area contributed by atoms with E-state index in [9.17, 15) is 13.6 Å². The number of cyclic esters (lactones) is 1. The summed E-state index contributed by atoms with van der Waals surface area (Å²) in [5.41, 5.74) is 0. The zero-order valence-corrected chi connectivity index (χ0v) is 9.59. The summed E-state index contributed by atoms with van der Waals surface area (Å²) in [7, 11) is 0. The number of hydrogen-bond donors (Lipinski definition) is 1. The zero-order valence-electron chi connectivity index (χ0n) is 9.59. The van der Waals surface area contributed by atoms with E-state index in [1.165, 1.54) is 0 Å². The van der Waals surface area contributed by atoms with Crippen molar-refractivity contribution in [2.75, 3.05) is 26.3 Å². The highest BCUT2D eigenvalue weighted by atomic mass is 19.3. The summed E-state index contributed by atoms with van der Waals surface area (Å²) < 4.78 is 35.6. The third-order valence-corrected chi connectivity index (χ3v) is 3.12. The van der Waals surface area contributed by atoms with Gasteiger partial charge in [0, 0.05) is 19.7 Å². The molecule has 4 nitrogen and oxygen atoms in total. The number of esters is 1. The molecule has 2 rings (SSSR count). The maximum atomic E-state index is 12.8. The number of nitrogens with one attached hydrogen (secondary N) is 1. The first-order chi connectivity index (χ1) is 8.08. The van der Waals surface area contributed by atoms with E-state index >= 15 is 0 Å². The molecule has 2 atom stereocenters. The molecule has 0 bridgehead atoms. The Bertz CT molecular complexity index is 280. The Morgan fingerprint density at radius 1 is 1.41 bits per heavy atom. The second kappa shape index (κ2) is 5.27. The molecule has 98 valence electrons. The smallest absolute Gasteiger partial charge is 0.377 e. The first-order valence-corrected chi connectivity index (χ1v) is 5.95. The van der Waals surface area contributed by atoms with E-state index in [0.717, 1.165) is 26.0 Å². The molecule has 0 amide bonds. The number of hydrogen-bond acceptors (Lipinski definition) is 4. The van der Waals surface area contributed by atoms with Crippen LogP contribution in [0.4, 0.5) is 8.78 Å². The molecular weight excluding hydrogens is 232 g/mol. The largest absolute Gasteiger partial charge is 0.456 e. The van der Waals surface area contributed by atoms with Gasteiger partial charge in [-0.15, -0.1) is 0 Å². The van der Waals surface area contributed by atoms with Crippen molar-refractivity contribution in [2.45, 2.75) is 31.3 Å². The van der Waals surface area contributed by atoms with Crippen LogP contribution in [0.3, 0.4) is 0 Å². The zero-order chi connectivity index (χ0) is 12.3. The quantitative estimate of drug-likeness (QED) is 0.754. The van der Waals surface area contributed by atoms with Crippen molar-refractivity contribution in [3.8, 4) is 0 Å². The minimum atomic E-state index is -3.31. The summed E-state index contributed by atoms with van der Waals surface area (Å²) >= 11 is 0. The van der Waals surface area contributed by atoms with Crippen molar-refractivity contribution in [2.24, 2.45) is 5.92 Å². The number of ether oxygens (including phenoxy) is 2. The average molecular weight is 249 g/mol. The van der Waals surface area contributed by atoms with Crippen LogP contribution in [0.25, 0.3) is 0 Å². The van der Waals surface area contributed by atoms with Crippen LogP contribution in [0, 0.1) is 5.92 Å². The highest BCUT2D eigenvalue weighted by molar-refractivity contribution is 5.79. The van der Waals surface area contributed by atoms with E-state index < -0.39 is 24.4 Å². The third kappa shape index (κ3) is 3.35. The second-order valence-electron chi connectivity index (χ2n) is 4.68. The number of halogens is 2. The lowest BCUT2D eigenvalue weighted by atomic mass is 10.0. The summed E-state index contributed by atoms with van der Waals surface area (Å²) in [6, 6.07) is 0. The van der Waals surface area contributed by atoms with Crippen LogP contribution in [-0.4, -0.2) is 44.3 Å². The summed E-state index contributed by atoms with van der Waals surface area (Å²) in [6.07, 6.45) is 0.915. The van der Waals surface area contributed by atoms with Crippen LogP contribution >= 0.6 is 0 Å². The molecule has 2 heterocycles. The van der Waals surface area contributed by atoms with Gasteiger partial charge >= 0.3 is 11.9 Å². The minimum absolute atomic E-state index is 0.290. The molecule has 0 aromatic carbocycles. The molecule has 0 saturated carbocycles. The molecule has 2 aliphatic heterocycles. The van der Waals surface area contributed by atoms with Gasteiger partial charge in [-0.2, -0.15) is 8.78 Å². The third-order valence-electron chi connectivity index (χ3n) is 3.12. The Labute approximate surface area is 98.6 Å². The molecule has 17 heavy (non-hydrogen) atoms. The fourth-order valence-electron chi connectivity index (χ4n) is 2.18. The highest BCUT2D eigenvalue weighted by Crippen LogP contribution is 2.30. The molecule has 6 heteroatoms. The van der Waals surface area contributed by atoms with Gasteiger partial charge in [0.15, 0.2) is 0 Å². The maximum Gasteiger partial charge on any atom is 0.377 e. The van der Waals surface area contributed by atoms with Gasteiger partial charge in [0.05, 0.1) is 13.0 Å². The maximum absolute atomic E-state index is 12.8. The molecule has 0 aromatic heterocycles. The minimum Gasteiger partial charge on any atom is -0.456 e. The molecule has 2 aliphatic rings. The van der Waals surface area contributed by atoms with E-state index in [4.69, 9.17) is 4.74 Å². The van der Waals surface area contributed by atoms with Crippen LogP contribution in [0.5, 0.6) is 0 Å². The molecule has 0 aliphatic carbocycles. The lowest BCUT2D eigenvalue weighted by molar-refractivity contribution is -0.159. The van der Waals surface area contributed by atoms with Gasteiger partial charge in [-0.1, -0.05) is 0 Å². The van der Waals surface area contributed by atoms with E-state index in [1.807, 2.05) is 0 Å². The van der Waals surface area contributed by atoms with Gasteiger partial charge in [0.1, 0.15) is 6.10 Å². The SMILES string of the molecule is O=C1OC(CNCC2CCCOC2)CC1(F)F. The monoisotopic (exact) mass is 249 g/mol. The predicted molar refractivity (Wildman–Crippen MR) is 55.9 cm³/mol. The topological polar surface area (TPSA) is 47.6 Å². The first kappa shape index (κ1) is 12.7. The van der Waals surface area contributed by atoms with Crippen molar-refractivity contribution < 1.29 is 23.0 Å². The van der Waals surface area contributed by atoms with Gasteiger partial charge < -0.3 is 14.8 Å². The number of carbonyl (C=O) groups is 1. The molecule has 2 saturated heterocycles. The van der Waals surface area contributed by atoms with Gasteiger partial charge in [-0.3, -0.25) is 0 Å². The molecule has 0 aromatic rings. The lowest BCUT2D eigenvalue weighted by Gasteiger charge is -2.22. The molecule has 2 fully saturated rings. The van der Waals surface area contributed by atoms with Crippen LogP contribution in [0.15, 0.2) is 0 Å². The second-order valence-corrected chi connectivity index (χ2v) is 4.68. The van der Waals surface area contributed by atoms with Crippen LogP contribution < -0.4 is 5.32 Å². The Hall–Kier alpha value is -0.750. The Morgan fingerprint density at radius 3 is 2.82 bits per heavy atom. The standard InChI is InChI=1S/C11H17F2NO3/c12-11(13)4-9(17-10(11)15)6-14-5-8-2-1-3-16-7-8/h8-9,14H,1-7H2. The Morgan fingerprint density at radius 2 is 2.24 bits per heavy atom. The molecular formula is C11H17F2NO3.